The van der Waals surface area contributed by atoms with E-state index in [0.717, 1.165) is 57.0 Å². The molecule has 2 aliphatic carbocycles. The zero-order valence-corrected chi connectivity index (χ0v) is 20.7. The van der Waals surface area contributed by atoms with Crippen LogP contribution in [0.1, 0.15) is 69.8 Å². The number of nitrogens with one attached hydrogen (secondary N) is 2. The summed E-state index contributed by atoms with van der Waals surface area (Å²) in [5.41, 5.74) is 4.38. The molecule has 4 aliphatic rings. The molecule has 1 aromatic rings. The fourth-order valence-corrected chi connectivity index (χ4v) is 6.52. The van der Waals surface area contributed by atoms with E-state index in [9.17, 15) is 0 Å². The quantitative estimate of drug-likeness (QED) is 0.384. The van der Waals surface area contributed by atoms with E-state index in [4.69, 9.17) is 21.1 Å². The second kappa shape index (κ2) is 9.97. The maximum absolute atomic E-state index is 6.45. The molecule has 6 heteroatoms. The van der Waals surface area contributed by atoms with Gasteiger partial charge in [-0.15, -0.1) is 0 Å². The summed E-state index contributed by atoms with van der Waals surface area (Å²) in [4.78, 5) is 4.25. The molecule has 0 aromatic carbocycles. The third-order valence-corrected chi connectivity index (χ3v) is 8.79. The van der Waals surface area contributed by atoms with E-state index in [-0.39, 0.29) is 11.0 Å². The van der Waals surface area contributed by atoms with Crippen LogP contribution in [-0.2, 0) is 11.3 Å². The molecule has 1 spiro atoms. The Morgan fingerprint density at radius 1 is 1.21 bits per heavy atom. The topological polar surface area (TPSA) is 55.4 Å². The van der Waals surface area contributed by atoms with E-state index in [1.165, 1.54) is 50.6 Å². The molecule has 5 nitrogen and oxygen atoms in total. The smallest absolute Gasteiger partial charge is 0.171 e. The van der Waals surface area contributed by atoms with Crippen molar-refractivity contribution in [1.29, 1.82) is 0 Å². The van der Waals surface area contributed by atoms with Crippen LogP contribution in [0.3, 0.4) is 0 Å². The predicted octanol–water partition coefficient (Wildman–Crippen LogP) is 5.55. The Labute approximate surface area is 203 Å². The normalized spacial score (nSPS) is 27.0. The Hall–Kier alpha value is -1.56. The van der Waals surface area contributed by atoms with Crippen molar-refractivity contribution in [3.63, 3.8) is 0 Å². The highest BCUT2D eigenvalue weighted by atomic mass is 35.5. The second-order valence-electron chi connectivity index (χ2n) is 10.5. The molecular weight excluding hydrogens is 434 g/mol. The number of halogens is 1. The van der Waals surface area contributed by atoms with Crippen LogP contribution in [0.4, 0.5) is 0 Å². The maximum atomic E-state index is 6.45. The summed E-state index contributed by atoms with van der Waals surface area (Å²) in [7, 11) is 1.63. The van der Waals surface area contributed by atoms with E-state index in [1.807, 2.05) is 12.3 Å². The Balaban J connectivity index is 1.28. The van der Waals surface area contributed by atoms with E-state index in [1.54, 1.807) is 12.7 Å². The number of ether oxygens (including phenoxy) is 2. The Bertz CT molecular complexity index is 905. The van der Waals surface area contributed by atoms with Crippen molar-refractivity contribution >= 4 is 11.6 Å². The van der Waals surface area contributed by atoms with Gasteiger partial charge in [0.15, 0.2) is 10.9 Å². The zero-order valence-electron chi connectivity index (χ0n) is 19.9. The fraction of sp³-hybridized carbons (Fsp3) is 0.667. The summed E-state index contributed by atoms with van der Waals surface area (Å²) in [6.45, 7) is 3.61. The third kappa shape index (κ3) is 4.96. The van der Waals surface area contributed by atoms with Crippen LogP contribution in [0, 0.1) is 11.3 Å². The number of dihydropyridines is 1. The van der Waals surface area contributed by atoms with Gasteiger partial charge in [0, 0.05) is 37.0 Å². The molecular formula is C27H38ClN3O2. The van der Waals surface area contributed by atoms with Gasteiger partial charge in [-0.2, -0.15) is 0 Å². The van der Waals surface area contributed by atoms with Crippen molar-refractivity contribution in [2.75, 3.05) is 26.8 Å². The van der Waals surface area contributed by atoms with Gasteiger partial charge in [0.1, 0.15) is 0 Å². The summed E-state index contributed by atoms with van der Waals surface area (Å²) in [6, 6.07) is 1.97. The molecule has 2 N–H and O–H groups in total. The standard InChI is InChI=1S/C27H38ClN3O2/c1-32-23-15-20(17-31-25(23)28)16-29-13-11-26(12-14-33-27(19-26)9-2-3-10-27)24-8-7-22(18-30-24)21-5-4-6-21/h7-8,15,17,21,29-30H,2-6,9-14,16,18-19H2,1H3/t26-/m1/s1. The monoisotopic (exact) mass is 471 g/mol. The van der Waals surface area contributed by atoms with Crippen molar-refractivity contribution in [1.82, 2.24) is 15.6 Å². The first-order chi connectivity index (χ1) is 16.1. The fourth-order valence-electron chi connectivity index (χ4n) is 6.34. The molecule has 1 atom stereocenters. The summed E-state index contributed by atoms with van der Waals surface area (Å²) in [5, 5.41) is 7.95. The van der Waals surface area contributed by atoms with Gasteiger partial charge in [-0.1, -0.05) is 36.9 Å². The number of aromatic nitrogens is 1. The number of hydrogen-bond acceptors (Lipinski definition) is 5. The minimum Gasteiger partial charge on any atom is -0.494 e. The molecule has 1 saturated heterocycles. The Morgan fingerprint density at radius 2 is 2.06 bits per heavy atom. The van der Waals surface area contributed by atoms with Crippen molar-refractivity contribution in [2.45, 2.75) is 76.4 Å². The molecule has 1 aromatic heterocycles. The van der Waals surface area contributed by atoms with Crippen LogP contribution >= 0.6 is 11.6 Å². The van der Waals surface area contributed by atoms with Gasteiger partial charge in [-0.25, -0.2) is 4.98 Å². The minimum absolute atomic E-state index is 0.0895. The lowest BCUT2D eigenvalue weighted by molar-refractivity contribution is -0.116. The highest BCUT2D eigenvalue weighted by Gasteiger charge is 2.48. The molecule has 0 bridgehead atoms. The van der Waals surface area contributed by atoms with Crippen molar-refractivity contribution in [3.8, 4) is 5.75 Å². The predicted molar refractivity (Wildman–Crippen MR) is 132 cm³/mol. The van der Waals surface area contributed by atoms with Crippen molar-refractivity contribution < 1.29 is 9.47 Å². The first-order valence-electron chi connectivity index (χ1n) is 12.8. The van der Waals surface area contributed by atoms with Gasteiger partial charge in [0.05, 0.1) is 12.7 Å². The second-order valence-corrected chi connectivity index (χ2v) is 10.9. The number of methoxy groups -OCH3 is 1. The van der Waals surface area contributed by atoms with E-state index >= 15 is 0 Å². The van der Waals surface area contributed by atoms with Crippen molar-refractivity contribution in [3.05, 3.63) is 46.4 Å². The van der Waals surface area contributed by atoms with Crippen LogP contribution in [0.15, 0.2) is 35.7 Å². The Kier molecular flexibility index (Phi) is 7.01. The van der Waals surface area contributed by atoms with Crippen LogP contribution in [-0.4, -0.2) is 37.4 Å². The minimum atomic E-state index is 0.0895. The third-order valence-electron chi connectivity index (χ3n) is 8.51. The van der Waals surface area contributed by atoms with E-state index in [0.29, 0.717) is 10.9 Å². The van der Waals surface area contributed by atoms with Gasteiger partial charge >= 0.3 is 0 Å². The summed E-state index contributed by atoms with van der Waals surface area (Å²) < 4.78 is 11.8. The average Bonchev–Trinajstić information content (AvgIpc) is 3.24. The SMILES string of the molecule is COc1cc(CNCC[C@@]2(C3=CC=C(C4CCC4)CN3)CCOC3(CCCC3)C2)cnc1Cl. The van der Waals surface area contributed by atoms with Crippen LogP contribution in [0.25, 0.3) is 0 Å². The van der Waals surface area contributed by atoms with E-state index in [2.05, 4.69) is 27.8 Å². The first-order valence-corrected chi connectivity index (χ1v) is 13.2. The Morgan fingerprint density at radius 3 is 2.76 bits per heavy atom. The van der Waals surface area contributed by atoms with Gasteiger partial charge in [-0.05, 0) is 80.7 Å². The van der Waals surface area contributed by atoms with Gasteiger partial charge in [0.25, 0.3) is 0 Å². The lowest BCUT2D eigenvalue weighted by Gasteiger charge is -2.49. The molecule has 180 valence electrons. The van der Waals surface area contributed by atoms with Crippen LogP contribution < -0.4 is 15.4 Å². The molecule has 2 aliphatic heterocycles. The molecule has 33 heavy (non-hydrogen) atoms. The zero-order chi connectivity index (χ0) is 22.7. The molecule has 3 fully saturated rings. The number of nitrogens with zero attached hydrogens (tertiary/aromatic N) is 1. The highest BCUT2D eigenvalue weighted by molar-refractivity contribution is 6.30. The highest BCUT2D eigenvalue weighted by Crippen LogP contribution is 2.52. The molecule has 3 heterocycles. The van der Waals surface area contributed by atoms with Crippen LogP contribution in [0.2, 0.25) is 5.15 Å². The molecule has 5 rings (SSSR count). The lowest BCUT2D eigenvalue weighted by Crippen LogP contribution is -2.48. The summed E-state index contributed by atoms with van der Waals surface area (Å²) in [5.74, 6) is 1.44. The number of allylic oxidation sites excluding steroid dienone is 3. The maximum Gasteiger partial charge on any atom is 0.171 e. The van der Waals surface area contributed by atoms with Crippen molar-refractivity contribution in [2.24, 2.45) is 11.3 Å². The van der Waals surface area contributed by atoms with Gasteiger partial charge in [-0.3, -0.25) is 0 Å². The number of pyridine rings is 1. The average molecular weight is 472 g/mol. The molecule has 0 amide bonds. The van der Waals surface area contributed by atoms with Gasteiger partial charge < -0.3 is 20.1 Å². The molecule has 0 unspecified atom stereocenters. The molecule has 2 saturated carbocycles. The lowest BCUT2D eigenvalue weighted by atomic mass is 9.67. The summed E-state index contributed by atoms with van der Waals surface area (Å²) >= 11 is 6.08. The number of hydrogen-bond donors (Lipinski definition) is 2. The number of rotatable bonds is 8. The molecule has 0 radical (unpaired) electrons. The largest absolute Gasteiger partial charge is 0.494 e. The van der Waals surface area contributed by atoms with E-state index < -0.39 is 0 Å². The van der Waals surface area contributed by atoms with Crippen LogP contribution in [0.5, 0.6) is 5.75 Å². The first kappa shape index (κ1) is 23.2. The van der Waals surface area contributed by atoms with Gasteiger partial charge in [0.2, 0.25) is 0 Å². The summed E-state index contributed by atoms with van der Waals surface area (Å²) in [6.07, 6.45) is 19.2.